The first-order chi connectivity index (χ1) is 15.6. The van der Waals surface area contributed by atoms with Crippen LogP contribution in [0.15, 0.2) is 35.4 Å². The number of aryl methyl sites for hydroxylation is 1. The smallest absolute Gasteiger partial charge is 0.404 e. The van der Waals surface area contributed by atoms with Crippen molar-refractivity contribution in [2.45, 2.75) is 68.4 Å². The number of para-hydroxylation sites is 1. The lowest BCUT2D eigenvalue weighted by molar-refractivity contribution is -0.275. The highest BCUT2D eigenvalue weighted by atomic mass is 32.2. The Labute approximate surface area is 188 Å². The van der Waals surface area contributed by atoms with Crippen LogP contribution >= 0.6 is 0 Å². The van der Waals surface area contributed by atoms with Crippen molar-refractivity contribution in [2.24, 2.45) is 0 Å². The van der Waals surface area contributed by atoms with Gasteiger partial charge in [0, 0.05) is 25.2 Å². The molecule has 4 rings (SSSR count). The van der Waals surface area contributed by atoms with Gasteiger partial charge in [0.2, 0.25) is 10.0 Å². The number of carbonyl (C=O) groups is 1. The van der Waals surface area contributed by atoms with Crippen LogP contribution < -0.4 is 10.1 Å². The monoisotopic (exact) mass is 487 g/mol. The molecule has 1 saturated carbocycles. The zero-order chi connectivity index (χ0) is 23.6. The summed E-state index contributed by atoms with van der Waals surface area (Å²) in [5, 5.41) is 10.6. The van der Waals surface area contributed by atoms with Crippen molar-refractivity contribution in [3.63, 3.8) is 0 Å². The summed E-state index contributed by atoms with van der Waals surface area (Å²) in [6, 6.07) is 4.50. The first-order valence-electron chi connectivity index (χ1n) is 10.7. The number of alkyl halides is 3. The van der Waals surface area contributed by atoms with Crippen LogP contribution in [-0.4, -0.2) is 58.6 Å². The summed E-state index contributed by atoms with van der Waals surface area (Å²) in [5.41, 5.74) is 0.188. The van der Waals surface area contributed by atoms with Crippen LogP contribution in [0.5, 0.6) is 5.75 Å². The van der Waals surface area contributed by atoms with E-state index in [0.717, 1.165) is 31.4 Å². The molecule has 13 heteroatoms. The number of aromatic nitrogens is 3. The average Bonchev–Trinajstić information content (AvgIpc) is 3.44. The minimum Gasteiger partial charge on any atom is -0.404 e. The van der Waals surface area contributed by atoms with Crippen LogP contribution in [0.25, 0.3) is 0 Å². The van der Waals surface area contributed by atoms with Gasteiger partial charge in [-0.1, -0.05) is 23.8 Å². The van der Waals surface area contributed by atoms with Crippen molar-refractivity contribution in [2.75, 3.05) is 6.54 Å². The van der Waals surface area contributed by atoms with E-state index in [-0.39, 0.29) is 24.2 Å². The number of piperidine rings is 1. The number of hydrogen-bond donors (Lipinski definition) is 1. The van der Waals surface area contributed by atoms with Gasteiger partial charge < -0.3 is 10.1 Å². The fourth-order valence-electron chi connectivity index (χ4n) is 3.86. The molecule has 2 aliphatic rings. The molecule has 1 aromatic carbocycles. The molecule has 180 valence electrons. The van der Waals surface area contributed by atoms with E-state index in [9.17, 15) is 26.4 Å². The molecule has 1 N–H and O–H groups in total. The molecule has 0 radical (unpaired) electrons. The summed E-state index contributed by atoms with van der Waals surface area (Å²) in [4.78, 5) is 11.6. The largest absolute Gasteiger partial charge is 0.573 e. The van der Waals surface area contributed by atoms with Crippen molar-refractivity contribution < 1.29 is 31.1 Å². The van der Waals surface area contributed by atoms with Crippen LogP contribution in [-0.2, 0) is 16.6 Å². The SMILES string of the molecule is O=C(NC1CC1)c1cn(CC[C@H]2CCCCN2S(=O)(=O)c2ccccc2OC(F)(F)F)nn1. The van der Waals surface area contributed by atoms with Gasteiger partial charge in [-0.05, 0) is 44.2 Å². The van der Waals surface area contributed by atoms with Gasteiger partial charge in [-0.15, -0.1) is 18.3 Å². The second-order valence-corrected chi connectivity index (χ2v) is 10.0. The van der Waals surface area contributed by atoms with Crippen LogP contribution in [0, 0.1) is 0 Å². The molecule has 1 saturated heterocycles. The van der Waals surface area contributed by atoms with Crippen molar-refractivity contribution >= 4 is 15.9 Å². The van der Waals surface area contributed by atoms with E-state index < -0.39 is 33.1 Å². The van der Waals surface area contributed by atoms with Gasteiger partial charge in [-0.2, -0.15) is 4.31 Å². The van der Waals surface area contributed by atoms with E-state index in [0.29, 0.717) is 25.8 Å². The van der Waals surface area contributed by atoms with E-state index in [2.05, 4.69) is 20.4 Å². The fourth-order valence-corrected chi connectivity index (χ4v) is 5.70. The molecule has 2 fully saturated rings. The first-order valence-corrected chi connectivity index (χ1v) is 12.1. The third-order valence-corrected chi connectivity index (χ3v) is 7.60. The summed E-state index contributed by atoms with van der Waals surface area (Å²) in [6.07, 6.45) is 0.720. The average molecular weight is 488 g/mol. The molecule has 1 amide bonds. The summed E-state index contributed by atoms with van der Waals surface area (Å²) >= 11 is 0. The predicted octanol–water partition coefficient (Wildman–Crippen LogP) is 2.70. The molecule has 0 bridgehead atoms. The highest BCUT2D eigenvalue weighted by Gasteiger charge is 2.38. The number of nitrogens with zero attached hydrogens (tertiary/aromatic N) is 4. The molecule has 0 spiro atoms. The predicted molar refractivity (Wildman–Crippen MR) is 110 cm³/mol. The molecule has 9 nitrogen and oxygen atoms in total. The highest BCUT2D eigenvalue weighted by Crippen LogP contribution is 2.34. The number of ether oxygens (including phenoxy) is 1. The molecule has 1 atom stereocenters. The lowest BCUT2D eigenvalue weighted by Gasteiger charge is -2.35. The maximum atomic E-state index is 13.3. The van der Waals surface area contributed by atoms with Crippen molar-refractivity contribution in [3.8, 4) is 5.75 Å². The second-order valence-electron chi connectivity index (χ2n) is 8.16. The Balaban J connectivity index is 1.47. The normalized spacial score (nSPS) is 19.9. The Morgan fingerprint density at radius 1 is 1.18 bits per heavy atom. The van der Waals surface area contributed by atoms with Gasteiger partial charge in [-0.25, -0.2) is 8.42 Å². The molecule has 2 heterocycles. The van der Waals surface area contributed by atoms with E-state index in [1.807, 2.05) is 0 Å². The molecule has 1 aliphatic heterocycles. The number of halogens is 3. The number of nitrogens with one attached hydrogen (secondary N) is 1. The highest BCUT2D eigenvalue weighted by molar-refractivity contribution is 7.89. The maximum Gasteiger partial charge on any atom is 0.573 e. The van der Waals surface area contributed by atoms with Crippen LogP contribution in [0.2, 0.25) is 0 Å². The number of rotatable bonds is 8. The Kier molecular flexibility index (Phi) is 6.61. The zero-order valence-electron chi connectivity index (χ0n) is 17.7. The molecular formula is C20H24F3N5O4S. The van der Waals surface area contributed by atoms with E-state index in [1.54, 1.807) is 0 Å². The van der Waals surface area contributed by atoms with Crippen molar-refractivity contribution in [1.29, 1.82) is 0 Å². The zero-order valence-corrected chi connectivity index (χ0v) is 18.5. The summed E-state index contributed by atoms with van der Waals surface area (Å²) in [5.74, 6) is -1.05. The molecular weight excluding hydrogens is 463 g/mol. The van der Waals surface area contributed by atoms with Crippen LogP contribution in [0.4, 0.5) is 13.2 Å². The number of hydrogen-bond acceptors (Lipinski definition) is 6. The molecule has 2 aromatic rings. The summed E-state index contributed by atoms with van der Waals surface area (Å²) in [6.45, 7) is 0.501. The van der Waals surface area contributed by atoms with Crippen LogP contribution in [0.3, 0.4) is 0 Å². The third kappa shape index (κ3) is 5.82. The van der Waals surface area contributed by atoms with E-state index in [1.165, 1.54) is 27.3 Å². The number of amides is 1. The molecule has 0 unspecified atom stereocenters. The first kappa shape index (κ1) is 23.5. The lowest BCUT2D eigenvalue weighted by atomic mass is 10.0. The minimum atomic E-state index is -5.01. The van der Waals surface area contributed by atoms with Crippen molar-refractivity contribution in [3.05, 3.63) is 36.2 Å². The third-order valence-electron chi connectivity index (χ3n) is 5.61. The Morgan fingerprint density at radius 2 is 1.94 bits per heavy atom. The number of benzene rings is 1. The topological polar surface area (TPSA) is 106 Å². The second kappa shape index (κ2) is 9.29. The van der Waals surface area contributed by atoms with E-state index in [4.69, 9.17) is 0 Å². The molecule has 33 heavy (non-hydrogen) atoms. The van der Waals surface area contributed by atoms with Gasteiger partial charge in [0.05, 0.1) is 6.20 Å². The molecule has 1 aliphatic carbocycles. The van der Waals surface area contributed by atoms with E-state index >= 15 is 0 Å². The standard InChI is InChI=1S/C20H24F3N5O4S/c21-20(22,23)32-17-6-1-2-7-18(17)33(30,31)28-11-4-3-5-15(28)10-12-27-13-16(25-26-27)19(29)24-14-8-9-14/h1-2,6-7,13-15H,3-5,8-12H2,(H,24,29)/t15-/m1/s1. The van der Waals surface area contributed by atoms with Gasteiger partial charge in [-0.3, -0.25) is 9.48 Å². The van der Waals surface area contributed by atoms with Gasteiger partial charge in [0.15, 0.2) is 5.69 Å². The Bertz CT molecular complexity index is 1100. The Morgan fingerprint density at radius 3 is 2.67 bits per heavy atom. The number of carbonyl (C=O) groups excluding carboxylic acids is 1. The fraction of sp³-hybridized carbons (Fsp3) is 0.550. The lowest BCUT2D eigenvalue weighted by Crippen LogP contribution is -2.44. The summed E-state index contributed by atoms with van der Waals surface area (Å²) < 4.78 is 71.7. The van der Waals surface area contributed by atoms with Crippen LogP contribution in [0.1, 0.15) is 49.0 Å². The molecule has 1 aromatic heterocycles. The quantitative estimate of drug-likeness (QED) is 0.614. The Hall–Kier alpha value is -2.67. The van der Waals surface area contributed by atoms with Gasteiger partial charge >= 0.3 is 6.36 Å². The summed E-state index contributed by atoms with van der Waals surface area (Å²) in [7, 11) is -4.23. The number of sulfonamides is 1. The van der Waals surface area contributed by atoms with Gasteiger partial charge in [0.25, 0.3) is 5.91 Å². The van der Waals surface area contributed by atoms with Crippen molar-refractivity contribution in [1.82, 2.24) is 24.6 Å². The minimum absolute atomic E-state index is 0.188. The van der Waals surface area contributed by atoms with Gasteiger partial charge in [0.1, 0.15) is 10.6 Å². The maximum absolute atomic E-state index is 13.3.